The van der Waals surface area contributed by atoms with Crippen molar-refractivity contribution in [1.82, 2.24) is 4.90 Å². The molecule has 0 aliphatic carbocycles. The van der Waals surface area contributed by atoms with Crippen molar-refractivity contribution in [3.63, 3.8) is 0 Å². The average molecular weight is 316 g/mol. The first-order valence-electron chi connectivity index (χ1n) is 7.39. The molecule has 0 unspecified atom stereocenters. The number of thiophene rings is 1. The molecule has 0 radical (unpaired) electrons. The Morgan fingerprint density at radius 3 is 2.10 bits per heavy atom. The topological polar surface area (TPSA) is 20.3 Å². The first kappa shape index (κ1) is 17.7. The molecular weight excluding hydrogens is 290 g/mol. The number of carbonyl (C=O) groups is 1. The normalized spacial score (nSPS) is 11.8. The molecule has 1 aromatic rings. The zero-order valence-electron chi connectivity index (χ0n) is 13.0. The maximum Gasteiger partial charge on any atom is 0.186 e. The largest absolute Gasteiger partial charge is 0.296 e. The predicted octanol–water partition coefficient (Wildman–Crippen LogP) is 4.98. The van der Waals surface area contributed by atoms with Crippen molar-refractivity contribution < 1.29 is 4.79 Å². The summed E-state index contributed by atoms with van der Waals surface area (Å²) in [5, 5.41) is 0. The lowest BCUT2D eigenvalue weighted by molar-refractivity contribution is 0.0927. The van der Waals surface area contributed by atoms with E-state index >= 15 is 0 Å². The third-order valence-electron chi connectivity index (χ3n) is 3.26. The summed E-state index contributed by atoms with van der Waals surface area (Å²) in [4.78, 5) is 15.3. The minimum atomic E-state index is 0.189. The van der Waals surface area contributed by atoms with Crippen LogP contribution in [0.15, 0.2) is 12.1 Å². The average Bonchev–Trinajstić information content (AvgIpc) is 2.79. The van der Waals surface area contributed by atoms with Crippen LogP contribution in [0.5, 0.6) is 0 Å². The van der Waals surface area contributed by atoms with Crippen molar-refractivity contribution in [2.75, 3.05) is 19.6 Å². The number of hydrogen-bond donors (Lipinski definition) is 0. The van der Waals surface area contributed by atoms with E-state index in [-0.39, 0.29) is 5.78 Å². The van der Waals surface area contributed by atoms with Gasteiger partial charge in [-0.1, -0.05) is 39.3 Å². The van der Waals surface area contributed by atoms with Gasteiger partial charge >= 0.3 is 0 Å². The lowest BCUT2D eigenvalue weighted by Gasteiger charge is -2.23. The Kier molecular flexibility index (Phi) is 7.78. The van der Waals surface area contributed by atoms with Crippen LogP contribution in [0, 0.1) is 11.8 Å². The van der Waals surface area contributed by atoms with Crippen LogP contribution in [0.4, 0.5) is 0 Å². The molecule has 1 heterocycles. The fourth-order valence-corrected chi connectivity index (χ4v) is 2.87. The van der Waals surface area contributed by atoms with Crippen LogP contribution in [-0.2, 0) is 0 Å². The van der Waals surface area contributed by atoms with Crippen molar-refractivity contribution in [3.05, 3.63) is 21.3 Å². The second kappa shape index (κ2) is 8.81. The van der Waals surface area contributed by atoms with Gasteiger partial charge in [0.2, 0.25) is 0 Å². The molecule has 0 fully saturated rings. The molecule has 0 atom stereocenters. The van der Waals surface area contributed by atoms with Gasteiger partial charge in [0, 0.05) is 0 Å². The number of halogens is 1. The van der Waals surface area contributed by atoms with E-state index in [9.17, 15) is 4.79 Å². The summed E-state index contributed by atoms with van der Waals surface area (Å²) in [6, 6.07) is 3.63. The van der Waals surface area contributed by atoms with Crippen molar-refractivity contribution in [1.29, 1.82) is 0 Å². The van der Waals surface area contributed by atoms with Gasteiger partial charge in [-0.15, -0.1) is 11.3 Å². The van der Waals surface area contributed by atoms with Gasteiger partial charge in [0.25, 0.3) is 0 Å². The maximum atomic E-state index is 12.3. The molecule has 0 amide bonds. The first-order valence-corrected chi connectivity index (χ1v) is 8.58. The Bertz CT molecular complexity index is 402. The van der Waals surface area contributed by atoms with Gasteiger partial charge in [-0.05, 0) is 49.9 Å². The van der Waals surface area contributed by atoms with Crippen LogP contribution in [0.1, 0.15) is 50.2 Å². The lowest BCUT2D eigenvalue weighted by atomic mass is 10.1. The van der Waals surface area contributed by atoms with Gasteiger partial charge in [-0.25, -0.2) is 0 Å². The molecule has 2 nitrogen and oxygen atoms in total. The standard InChI is InChI=1S/C16H26ClNOS/c1-12(2)7-9-18(10-8-13(3)4)11-14(19)15-5-6-16(17)20-15/h5-6,12-13H,7-11H2,1-4H3. The van der Waals surface area contributed by atoms with Gasteiger partial charge in [-0.2, -0.15) is 0 Å². The molecule has 0 aliphatic heterocycles. The zero-order chi connectivity index (χ0) is 15.1. The quantitative estimate of drug-likeness (QED) is 0.599. The number of ketones is 1. The van der Waals surface area contributed by atoms with Crippen molar-refractivity contribution in [2.24, 2.45) is 11.8 Å². The Hall–Kier alpha value is -0.380. The molecule has 1 aromatic heterocycles. The highest BCUT2D eigenvalue weighted by Gasteiger charge is 2.15. The van der Waals surface area contributed by atoms with E-state index in [0.29, 0.717) is 22.7 Å². The number of nitrogens with zero attached hydrogens (tertiary/aromatic N) is 1. The van der Waals surface area contributed by atoms with E-state index in [1.54, 1.807) is 6.07 Å². The van der Waals surface area contributed by atoms with Crippen LogP contribution in [0.25, 0.3) is 0 Å². The zero-order valence-corrected chi connectivity index (χ0v) is 14.6. The van der Waals surface area contributed by atoms with E-state index in [4.69, 9.17) is 11.6 Å². The smallest absolute Gasteiger partial charge is 0.186 e. The minimum absolute atomic E-state index is 0.189. The van der Waals surface area contributed by atoms with E-state index in [2.05, 4.69) is 32.6 Å². The van der Waals surface area contributed by atoms with E-state index < -0.39 is 0 Å². The minimum Gasteiger partial charge on any atom is -0.296 e. The molecule has 1 rings (SSSR count). The summed E-state index contributed by atoms with van der Waals surface area (Å²) >= 11 is 7.27. The van der Waals surface area contributed by atoms with Crippen LogP contribution in [-0.4, -0.2) is 30.3 Å². The molecule has 0 N–H and O–H groups in total. The Morgan fingerprint density at radius 1 is 1.15 bits per heavy atom. The molecule has 0 saturated carbocycles. The fourth-order valence-electron chi connectivity index (χ4n) is 1.90. The van der Waals surface area contributed by atoms with Crippen molar-refractivity contribution >= 4 is 28.7 Å². The highest BCUT2D eigenvalue weighted by molar-refractivity contribution is 7.18. The van der Waals surface area contributed by atoms with Crippen LogP contribution in [0.3, 0.4) is 0 Å². The number of hydrogen-bond acceptors (Lipinski definition) is 3. The summed E-state index contributed by atoms with van der Waals surface area (Å²) < 4.78 is 0.685. The molecule has 0 spiro atoms. The number of carbonyl (C=O) groups excluding carboxylic acids is 1. The molecule has 0 aliphatic rings. The van der Waals surface area contributed by atoms with Crippen LogP contribution >= 0.6 is 22.9 Å². The lowest BCUT2D eigenvalue weighted by Crippen LogP contribution is -2.32. The molecular formula is C16H26ClNOS. The van der Waals surface area contributed by atoms with Crippen LogP contribution in [0.2, 0.25) is 4.34 Å². The summed E-state index contributed by atoms with van der Waals surface area (Å²) in [6.45, 7) is 11.4. The third kappa shape index (κ3) is 6.87. The van der Waals surface area contributed by atoms with E-state index in [0.717, 1.165) is 30.8 Å². The molecule has 0 saturated heterocycles. The summed E-state index contributed by atoms with van der Waals surface area (Å²) in [5.41, 5.74) is 0. The van der Waals surface area contributed by atoms with Crippen molar-refractivity contribution in [3.8, 4) is 0 Å². The van der Waals surface area contributed by atoms with Gasteiger partial charge in [-0.3, -0.25) is 9.69 Å². The van der Waals surface area contributed by atoms with Gasteiger partial charge < -0.3 is 0 Å². The monoisotopic (exact) mass is 315 g/mol. The molecule has 0 bridgehead atoms. The predicted molar refractivity (Wildman–Crippen MR) is 89.0 cm³/mol. The van der Waals surface area contributed by atoms with Crippen molar-refractivity contribution in [2.45, 2.75) is 40.5 Å². The van der Waals surface area contributed by atoms with Gasteiger partial charge in [0.15, 0.2) is 5.78 Å². The fraction of sp³-hybridized carbons (Fsp3) is 0.688. The van der Waals surface area contributed by atoms with E-state index in [1.807, 2.05) is 6.07 Å². The molecule has 20 heavy (non-hydrogen) atoms. The number of rotatable bonds is 9. The first-order chi connectivity index (χ1) is 9.38. The van der Waals surface area contributed by atoms with Gasteiger partial charge in [0.1, 0.15) is 0 Å². The van der Waals surface area contributed by atoms with E-state index in [1.165, 1.54) is 11.3 Å². The highest BCUT2D eigenvalue weighted by Crippen LogP contribution is 2.22. The highest BCUT2D eigenvalue weighted by atomic mass is 35.5. The summed E-state index contributed by atoms with van der Waals surface area (Å²) in [5.74, 6) is 1.53. The Labute approximate surface area is 132 Å². The molecule has 4 heteroatoms. The maximum absolute atomic E-state index is 12.3. The summed E-state index contributed by atoms with van der Waals surface area (Å²) in [6.07, 6.45) is 2.27. The second-order valence-electron chi connectivity index (χ2n) is 6.17. The van der Waals surface area contributed by atoms with Gasteiger partial charge in [0.05, 0.1) is 15.8 Å². The number of Topliss-reactive ketones (excluding diaryl/α,β-unsaturated/α-hetero) is 1. The third-order valence-corrected chi connectivity index (χ3v) is 4.53. The molecule has 0 aromatic carbocycles. The summed E-state index contributed by atoms with van der Waals surface area (Å²) in [7, 11) is 0. The Balaban J connectivity index is 2.55. The molecule has 114 valence electrons. The Morgan fingerprint density at radius 2 is 1.70 bits per heavy atom. The van der Waals surface area contributed by atoms with Crippen LogP contribution < -0.4 is 0 Å². The SMILES string of the molecule is CC(C)CCN(CCC(C)C)CC(=O)c1ccc(Cl)s1. The second-order valence-corrected chi connectivity index (χ2v) is 7.88.